The molecule has 2 rings (SSSR count). The number of amides is 2. The van der Waals surface area contributed by atoms with Gasteiger partial charge < -0.3 is 25.2 Å². The Morgan fingerprint density at radius 3 is 2.33 bits per heavy atom. The van der Waals surface area contributed by atoms with Gasteiger partial charge >= 0.3 is 12.0 Å². The molecular formula is C20H24N2O5. The fourth-order valence-electron chi connectivity index (χ4n) is 2.47. The van der Waals surface area contributed by atoms with E-state index in [2.05, 4.69) is 10.6 Å². The Balaban J connectivity index is 1.76. The van der Waals surface area contributed by atoms with Crippen molar-refractivity contribution in [2.75, 3.05) is 20.3 Å². The van der Waals surface area contributed by atoms with Crippen LogP contribution in [0.1, 0.15) is 28.4 Å². The lowest BCUT2D eigenvalue weighted by Gasteiger charge is -2.11. The van der Waals surface area contributed by atoms with Gasteiger partial charge in [-0.2, -0.15) is 0 Å². The number of hydrogen-bond donors (Lipinski definition) is 3. The first-order chi connectivity index (χ1) is 13.0. The number of urea groups is 1. The molecule has 0 aliphatic carbocycles. The minimum Gasteiger partial charge on any atom is -0.493 e. The van der Waals surface area contributed by atoms with Crippen molar-refractivity contribution in [1.82, 2.24) is 10.6 Å². The minimum absolute atomic E-state index is 0.217. The molecule has 0 aliphatic heterocycles. The molecule has 7 nitrogen and oxygen atoms in total. The van der Waals surface area contributed by atoms with E-state index >= 15 is 0 Å². The van der Waals surface area contributed by atoms with E-state index in [4.69, 9.17) is 14.6 Å². The SMILES string of the molecule is CCOc1ccc(CCNC(=O)NCc2ccc(C(=O)O)cc2)cc1OC. The molecule has 144 valence electrons. The summed E-state index contributed by atoms with van der Waals surface area (Å²) in [7, 11) is 1.59. The van der Waals surface area contributed by atoms with Gasteiger partial charge in [-0.05, 0) is 48.7 Å². The third-order valence-corrected chi connectivity index (χ3v) is 3.88. The molecule has 2 amide bonds. The molecule has 0 saturated heterocycles. The first-order valence-corrected chi connectivity index (χ1v) is 8.67. The minimum atomic E-state index is -0.974. The normalized spacial score (nSPS) is 10.1. The maximum absolute atomic E-state index is 11.9. The van der Waals surface area contributed by atoms with E-state index in [0.29, 0.717) is 37.6 Å². The van der Waals surface area contributed by atoms with Crippen molar-refractivity contribution in [2.24, 2.45) is 0 Å². The van der Waals surface area contributed by atoms with Crippen LogP contribution in [0.5, 0.6) is 11.5 Å². The summed E-state index contributed by atoms with van der Waals surface area (Å²) in [6, 6.07) is 11.8. The zero-order chi connectivity index (χ0) is 19.6. The number of ether oxygens (including phenoxy) is 2. The van der Waals surface area contributed by atoms with Crippen LogP contribution in [0.15, 0.2) is 42.5 Å². The van der Waals surface area contributed by atoms with Gasteiger partial charge in [-0.3, -0.25) is 0 Å². The third kappa shape index (κ3) is 6.22. The highest BCUT2D eigenvalue weighted by Crippen LogP contribution is 2.28. The summed E-state index contributed by atoms with van der Waals surface area (Å²) in [6.07, 6.45) is 0.656. The molecule has 2 aromatic carbocycles. The number of aromatic carboxylic acids is 1. The Morgan fingerprint density at radius 2 is 1.70 bits per heavy atom. The molecule has 0 radical (unpaired) electrons. The van der Waals surface area contributed by atoms with Crippen LogP contribution in [-0.4, -0.2) is 37.4 Å². The molecule has 2 aromatic rings. The van der Waals surface area contributed by atoms with Gasteiger partial charge in [0.05, 0.1) is 19.3 Å². The monoisotopic (exact) mass is 372 g/mol. The van der Waals surface area contributed by atoms with Gasteiger partial charge in [-0.1, -0.05) is 18.2 Å². The number of carbonyl (C=O) groups excluding carboxylic acids is 1. The topological polar surface area (TPSA) is 96.9 Å². The highest BCUT2D eigenvalue weighted by atomic mass is 16.5. The second kappa shape index (κ2) is 10.1. The lowest BCUT2D eigenvalue weighted by Crippen LogP contribution is -2.36. The lowest BCUT2D eigenvalue weighted by atomic mass is 10.1. The molecule has 0 aliphatic rings. The first-order valence-electron chi connectivity index (χ1n) is 8.67. The molecular weight excluding hydrogens is 348 g/mol. The second-order valence-corrected chi connectivity index (χ2v) is 5.78. The van der Waals surface area contributed by atoms with Crippen molar-refractivity contribution < 1.29 is 24.2 Å². The summed E-state index contributed by atoms with van der Waals surface area (Å²) in [4.78, 5) is 22.7. The maximum Gasteiger partial charge on any atom is 0.335 e. The third-order valence-electron chi connectivity index (χ3n) is 3.88. The van der Waals surface area contributed by atoms with E-state index < -0.39 is 5.97 Å². The van der Waals surface area contributed by atoms with Gasteiger partial charge in [-0.25, -0.2) is 9.59 Å². The van der Waals surface area contributed by atoms with Crippen molar-refractivity contribution in [1.29, 1.82) is 0 Å². The van der Waals surface area contributed by atoms with E-state index in [1.165, 1.54) is 12.1 Å². The average Bonchev–Trinajstić information content (AvgIpc) is 2.68. The van der Waals surface area contributed by atoms with Crippen LogP contribution in [0.25, 0.3) is 0 Å². The van der Waals surface area contributed by atoms with Crippen LogP contribution in [-0.2, 0) is 13.0 Å². The van der Waals surface area contributed by atoms with E-state index in [0.717, 1.165) is 11.1 Å². The van der Waals surface area contributed by atoms with Crippen LogP contribution in [0.2, 0.25) is 0 Å². The molecule has 0 bridgehead atoms. The summed E-state index contributed by atoms with van der Waals surface area (Å²) < 4.78 is 10.8. The number of carbonyl (C=O) groups is 2. The van der Waals surface area contributed by atoms with Gasteiger partial charge in [-0.15, -0.1) is 0 Å². The van der Waals surface area contributed by atoms with E-state index in [9.17, 15) is 9.59 Å². The molecule has 0 heterocycles. The van der Waals surface area contributed by atoms with Crippen LogP contribution in [0, 0.1) is 0 Å². The number of methoxy groups -OCH3 is 1. The highest BCUT2D eigenvalue weighted by Gasteiger charge is 2.06. The van der Waals surface area contributed by atoms with Crippen molar-refractivity contribution in [3.8, 4) is 11.5 Å². The number of carboxylic acids is 1. The van der Waals surface area contributed by atoms with Gasteiger partial charge in [0.25, 0.3) is 0 Å². The molecule has 3 N–H and O–H groups in total. The smallest absolute Gasteiger partial charge is 0.335 e. The van der Waals surface area contributed by atoms with Crippen LogP contribution < -0.4 is 20.1 Å². The summed E-state index contributed by atoms with van der Waals surface area (Å²) in [5.74, 6) is 0.394. The molecule has 0 fully saturated rings. The van der Waals surface area contributed by atoms with Crippen molar-refractivity contribution in [3.05, 3.63) is 59.2 Å². The van der Waals surface area contributed by atoms with Crippen LogP contribution in [0.3, 0.4) is 0 Å². The largest absolute Gasteiger partial charge is 0.493 e. The predicted molar refractivity (Wildman–Crippen MR) is 102 cm³/mol. The van der Waals surface area contributed by atoms with E-state index in [-0.39, 0.29) is 11.6 Å². The van der Waals surface area contributed by atoms with Gasteiger partial charge in [0.2, 0.25) is 0 Å². The van der Waals surface area contributed by atoms with E-state index in [1.54, 1.807) is 19.2 Å². The number of hydrogen-bond acceptors (Lipinski definition) is 4. The van der Waals surface area contributed by atoms with Gasteiger partial charge in [0.1, 0.15) is 0 Å². The number of carboxylic acid groups (broad SMARTS) is 1. The van der Waals surface area contributed by atoms with Gasteiger partial charge in [0.15, 0.2) is 11.5 Å². The molecule has 0 unspecified atom stereocenters. The first kappa shape index (κ1) is 20.1. The Hall–Kier alpha value is -3.22. The fraction of sp³-hybridized carbons (Fsp3) is 0.300. The van der Waals surface area contributed by atoms with Crippen molar-refractivity contribution >= 4 is 12.0 Å². The van der Waals surface area contributed by atoms with E-state index in [1.807, 2.05) is 25.1 Å². The molecule has 0 atom stereocenters. The highest BCUT2D eigenvalue weighted by molar-refractivity contribution is 5.87. The van der Waals surface area contributed by atoms with Crippen molar-refractivity contribution in [3.63, 3.8) is 0 Å². The Bertz CT molecular complexity index is 774. The Labute approximate surface area is 158 Å². The Morgan fingerprint density at radius 1 is 1.00 bits per heavy atom. The number of benzene rings is 2. The number of rotatable bonds is 9. The summed E-state index contributed by atoms with van der Waals surface area (Å²) in [5, 5.41) is 14.4. The zero-order valence-electron chi connectivity index (χ0n) is 15.5. The zero-order valence-corrected chi connectivity index (χ0v) is 15.5. The van der Waals surface area contributed by atoms with Crippen molar-refractivity contribution in [2.45, 2.75) is 19.9 Å². The molecule has 0 aromatic heterocycles. The molecule has 0 saturated carbocycles. The molecule has 7 heteroatoms. The second-order valence-electron chi connectivity index (χ2n) is 5.78. The quantitative estimate of drug-likeness (QED) is 0.629. The summed E-state index contributed by atoms with van der Waals surface area (Å²) >= 11 is 0. The number of nitrogens with one attached hydrogen (secondary N) is 2. The Kier molecular flexibility index (Phi) is 7.49. The molecule has 27 heavy (non-hydrogen) atoms. The maximum atomic E-state index is 11.9. The average molecular weight is 372 g/mol. The fourth-order valence-corrected chi connectivity index (χ4v) is 2.47. The standard InChI is InChI=1S/C20H24N2O5/c1-3-27-17-9-6-14(12-18(17)26-2)10-11-21-20(25)22-13-15-4-7-16(8-5-15)19(23)24/h4-9,12H,3,10-11,13H2,1-2H3,(H,23,24)(H2,21,22,25). The van der Waals surface area contributed by atoms with Crippen LogP contribution >= 0.6 is 0 Å². The lowest BCUT2D eigenvalue weighted by molar-refractivity contribution is 0.0697. The molecule has 0 spiro atoms. The van der Waals surface area contributed by atoms with Gasteiger partial charge in [0, 0.05) is 13.1 Å². The summed E-state index contributed by atoms with van der Waals surface area (Å²) in [5.41, 5.74) is 2.07. The summed E-state index contributed by atoms with van der Waals surface area (Å²) in [6.45, 7) is 3.27. The predicted octanol–water partition coefficient (Wildman–Crippen LogP) is 2.83. The van der Waals surface area contributed by atoms with Crippen LogP contribution in [0.4, 0.5) is 4.79 Å².